The summed E-state index contributed by atoms with van der Waals surface area (Å²) < 4.78 is 12.3. The van der Waals surface area contributed by atoms with Gasteiger partial charge in [0.2, 0.25) is 0 Å². The quantitative estimate of drug-likeness (QED) is 0.658. The van der Waals surface area contributed by atoms with Crippen molar-refractivity contribution in [3.8, 4) is 11.5 Å². The summed E-state index contributed by atoms with van der Waals surface area (Å²) >= 11 is 3.56. The van der Waals surface area contributed by atoms with Crippen LogP contribution in [0.5, 0.6) is 11.5 Å². The Morgan fingerprint density at radius 2 is 1.84 bits per heavy atom. The third-order valence-corrected chi connectivity index (χ3v) is 4.15. The highest BCUT2D eigenvalue weighted by atomic mass is 79.9. The summed E-state index contributed by atoms with van der Waals surface area (Å²) in [6.45, 7) is 5.50. The number of rotatable bonds is 8. The molecular formula is C19H25BrClNO3. The van der Waals surface area contributed by atoms with Crippen LogP contribution in [-0.2, 0) is 13.2 Å². The molecule has 0 aliphatic carbocycles. The van der Waals surface area contributed by atoms with Crippen LogP contribution in [0.15, 0.2) is 40.9 Å². The molecule has 0 bridgehead atoms. The van der Waals surface area contributed by atoms with Gasteiger partial charge in [-0.1, -0.05) is 29.8 Å². The zero-order valence-corrected chi connectivity index (χ0v) is 17.1. The molecule has 0 aromatic heterocycles. The van der Waals surface area contributed by atoms with E-state index in [2.05, 4.69) is 52.4 Å². The lowest BCUT2D eigenvalue weighted by Crippen LogP contribution is -2.23. The van der Waals surface area contributed by atoms with Crippen LogP contribution in [0.4, 0.5) is 0 Å². The van der Waals surface area contributed by atoms with Gasteiger partial charge in [-0.15, -0.1) is 12.4 Å². The fraction of sp³-hybridized carbons (Fsp3) is 0.368. The molecule has 0 saturated heterocycles. The van der Waals surface area contributed by atoms with Crippen LogP contribution in [0.2, 0.25) is 0 Å². The van der Waals surface area contributed by atoms with E-state index in [-0.39, 0.29) is 18.5 Å². The molecule has 2 aromatic carbocycles. The number of hydrogen-bond donors (Lipinski definition) is 2. The maximum atomic E-state index is 9.31. The Kier molecular flexibility index (Phi) is 9.28. The fourth-order valence-electron chi connectivity index (χ4n) is 2.28. The first-order valence-corrected chi connectivity index (χ1v) is 8.72. The summed E-state index contributed by atoms with van der Waals surface area (Å²) in [4.78, 5) is 0. The molecule has 25 heavy (non-hydrogen) atoms. The van der Waals surface area contributed by atoms with Crippen molar-refractivity contribution in [1.29, 1.82) is 0 Å². The number of aryl methyl sites for hydroxylation is 1. The van der Waals surface area contributed by atoms with Gasteiger partial charge in [-0.3, -0.25) is 0 Å². The monoisotopic (exact) mass is 429 g/mol. The van der Waals surface area contributed by atoms with Crippen LogP contribution in [0.1, 0.15) is 23.6 Å². The van der Waals surface area contributed by atoms with Crippen LogP contribution >= 0.6 is 28.3 Å². The lowest BCUT2D eigenvalue weighted by Gasteiger charge is -2.15. The molecule has 1 atom stereocenters. The summed E-state index contributed by atoms with van der Waals surface area (Å²) in [5, 5.41) is 12.5. The van der Waals surface area contributed by atoms with Gasteiger partial charge in [0, 0.05) is 13.1 Å². The van der Waals surface area contributed by atoms with Gasteiger partial charge in [-0.25, -0.2) is 0 Å². The first kappa shape index (κ1) is 21.8. The van der Waals surface area contributed by atoms with E-state index in [1.807, 2.05) is 12.1 Å². The summed E-state index contributed by atoms with van der Waals surface area (Å²) in [5.41, 5.74) is 3.39. The smallest absolute Gasteiger partial charge is 0.175 e. The van der Waals surface area contributed by atoms with Gasteiger partial charge >= 0.3 is 0 Å². The number of nitrogens with one attached hydrogen (secondary N) is 1. The molecule has 0 aliphatic rings. The van der Waals surface area contributed by atoms with Crippen molar-refractivity contribution in [2.75, 3.05) is 13.7 Å². The molecule has 0 amide bonds. The molecule has 0 saturated carbocycles. The van der Waals surface area contributed by atoms with E-state index in [1.165, 1.54) is 5.56 Å². The minimum atomic E-state index is -0.368. The summed E-state index contributed by atoms with van der Waals surface area (Å²) in [7, 11) is 1.63. The second-order valence-corrected chi connectivity index (χ2v) is 6.72. The van der Waals surface area contributed by atoms with Crippen molar-refractivity contribution < 1.29 is 14.6 Å². The summed E-state index contributed by atoms with van der Waals surface area (Å²) in [6.07, 6.45) is -0.368. The molecule has 2 N–H and O–H groups in total. The summed E-state index contributed by atoms with van der Waals surface area (Å²) in [6, 6.07) is 12.2. The van der Waals surface area contributed by atoms with Crippen molar-refractivity contribution in [3.05, 3.63) is 57.6 Å². The molecule has 138 valence electrons. The first-order chi connectivity index (χ1) is 11.5. The van der Waals surface area contributed by atoms with E-state index in [9.17, 15) is 5.11 Å². The number of benzene rings is 2. The number of aliphatic hydroxyl groups excluding tert-OH is 1. The van der Waals surface area contributed by atoms with Crippen molar-refractivity contribution in [2.45, 2.75) is 33.1 Å². The van der Waals surface area contributed by atoms with E-state index < -0.39 is 0 Å². The molecule has 6 heteroatoms. The van der Waals surface area contributed by atoms with Crippen LogP contribution in [0, 0.1) is 6.92 Å². The van der Waals surface area contributed by atoms with Gasteiger partial charge in [-0.05, 0) is 53.0 Å². The number of hydrogen-bond acceptors (Lipinski definition) is 4. The van der Waals surface area contributed by atoms with Crippen molar-refractivity contribution in [1.82, 2.24) is 5.32 Å². The average Bonchev–Trinajstić information content (AvgIpc) is 2.54. The van der Waals surface area contributed by atoms with Crippen molar-refractivity contribution in [2.24, 2.45) is 0 Å². The highest BCUT2D eigenvalue weighted by Crippen LogP contribution is 2.37. The third kappa shape index (κ3) is 6.86. The standard InChI is InChI=1S/C19H24BrNO3.ClH/c1-13-4-6-15(7-5-13)12-24-19-17(20)8-16(9-18(19)23-3)11-21-10-14(2)22;/h4-9,14,21-22H,10-12H2,1-3H3;1H. The SMILES string of the molecule is COc1cc(CNCC(C)O)cc(Br)c1OCc1ccc(C)cc1.Cl. The van der Waals surface area contributed by atoms with Gasteiger partial charge in [0.1, 0.15) is 6.61 Å². The molecule has 1 unspecified atom stereocenters. The van der Waals surface area contributed by atoms with Gasteiger partial charge in [0.25, 0.3) is 0 Å². The van der Waals surface area contributed by atoms with E-state index in [1.54, 1.807) is 14.0 Å². The zero-order chi connectivity index (χ0) is 17.5. The van der Waals surface area contributed by atoms with Crippen molar-refractivity contribution in [3.63, 3.8) is 0 Å². The van der Waals surface area contributed by atoms with Crippen LogP contribution in [0.25, 0.3) is 0 Å². The van der Waals surface area contributed by atoms with E-state index >= 15 is 0 Å². The van der Waals surface area contributed by atoms with Gasteiger partial charge < -0.3 is 19.9 Å². The predicted octanol–water partition coefficient (Wildman–Crippen LogP) is 4.24. The molecule has 0 heterocycles. The van der Waals surface area contributed by atoms with E-state index in [0.717, 1.165) is 15.6 Å². The Balaban J connectivity index is 0.00000312. The number of ether oxygens (including phenoxy) is 2. The lowest BCUT2D eigenvalue weighted by molar-refractivity contribution is 0.191. The predicted molar refractivity (Wildman–Crippen MR) is 107 cm³/mol. The lowest BCUT2D eigenvalue weighted by atomic mass is 10.1. The molecular weight excluding hydrogens is 406 g/mol. The van der Waals surface area contributed by atoms with E-state index in [4.69, 9.17) is 9.47 Å². The summed E-state index contributed by atoms with van der Waals surface area (Å²) in [5.74, 6) is 1.38. The zero-order valence-electron chi connectivity index (χ0n) is 14.7. The minimum absolute atomic E-state index is 0. The molecule has 0 spiro atoms. The average molecular weight is 431 g/mol. The third-order valence-electron chi connectivity index (χ3n) is 3.56. The van der Waals surface area contributed by atoms with Gasteiger partial charge in [0.05, 0.1) is 17.7 Å². The Bertz CT molecular complexity index is 662. The molecule has 0 radical (unpaired) electrons. The number of aliphatic hydroxyl groups is 1. The van der Waals surface area contributed by atoms with Gasteiger partial charge in [0.15, 0.2) is 11.5 Å². The molecule has 2 rings (SSSR count). The van der Waals surface area contributed by atoms with E-state index in [0.29, 0.717) is 31.2 Å². The normalized spacial score (nSPS) is 11.6. The molecule has 2 aromatic rings. The Labute approximate surface area is 164 Å². The van der Waals surface area contributed by atoms with Crippen molar-refractivity contribution >= 4 is 28.3 Å². The maximum Gasteiger partial charge on any atom is 0.175 e. The highest BCUT2D eigenvalue weighted by Gasteiger charge is 2.12. The Morgan fingerprint density at radius 1 is 1.16 bits per heavy atom. The second kappa shape index (κ2) is 10.7. The number of methoxy groups -OCH3 is 1. The van der Waals surface area contributed by atoms with Crippen LogP contribution in [-0.4, -0.2) is 24.9 Å². The van der Waals surface area contributed by atoms with Gasteiger partial charge in [-0.2, -0.15) is 0 Å². The number of halogens is 2. The largest absolute Gasteiger partial charge is 0.493 e. The molecule has 0 fully saturated rings. The molecule has 4 nitrogen and oxygen atoms in total. The minimum Gasteiger partial charge on any atom is -0.493 e. The Hall–Kier alpha value is -1.27. The maximum absolute atomic E-state index is 9.31. The van der Waals surface area contributed by atoms with Crippen LogP contribution < -0.4 is 14.8 Å². The highest BCUT2D eigenvalue weighted by molar-refractivity contribution is 9.10. The Morgan fingerprint density at radius 3 is 2.44 bits per heavy atom. The second-order valence-electron chi connectivity index (χ2n) is 5.86. The van der Waals surface area contributed by atoms with Crippen LogP contribution in [0.3, 0.4) is 0 Å². The topological polar surface area (TPSA) is 50.7 Å². The fourth-order valence-corrected chi connectivity index (χ4v) is 2.88. The molecule has 0 aliphatic heterocycles. The first-order valence-electron chi connectivity index (χ1n) is 7.93.